The van der Waals surface area contributed by atoms with Gasteiger partial charge in [-0.05, 0) is 12.0 Å². The smallest absolute Gasteiger partial charge is 0.270 e. The maximum absolute atomic E-state index is 11.5. The van der Waals surface area contributed by atoms with Gasteiger partial charge < -0.3 is 5.11 Å². The second-order valence-corrected chi connectivity index (χ2v) is 3.45. The number of aliphatic hydroxyl groups is 1. The Morgan fingerprint density at radius 1 is 1.47 bits per heavy atom. The van der Waals surface area contributed by atoms with Gasteiger partial charge in [0.15, 0.2) is 5.60 Å². The molecule has 0 aliphatic heterocycles. The van der Waals surface area contributed by atoms with Crippen molar-refractivity contribution in [3.63, 3.8) is 0 Å². The summed E-state index contributed by atoms with van der Waals surface area (Å²) >= 11 is 0. The zero-order chi connectivity index (χ0) is 11.3. The van der Waals surface area contributed by atoms with E-state index >= 15 is 0 Å². The van der Waals surface area contributed by atoms with Crippen molar-refractivity contribution in [1.29, 1.82) is 0 Å². The van der Waals surface area contributed by atoms with Crippen LogP contribution in [0.2, 0.25) is 0 Å². The highest BCUT2D eigenvalue weighted by atomic mass is 16.3. The molecule has 0 saturated carbocycles. The lowest BCUT2D eigenvalue weighted by molar-refractivity contribution is -0.141. The van der Waals surface area contributed by atoms with Crippen LogP contribution in [0.1, 0.15) is 25.3 Å². The molecule has 1 aromatic rings. The SMILES string of the molecule is CCC[C@](O)(C(=O)NN)c1ccccc1. The minimum atomic E-state index is -1.52. The van der Waals surface area contributed by atoms with Crippen LogP contribution < -0.4 is 11.3 Å². The summed E-state index contributed by atoms with van der Waals surface area (Å²) in [6.07, 6.45) is 1.04. The number of carbonyl (C=O) groups excluding carboxylic acids is 1. The van der Waals surface area contributed by atoms with Crippen molar-refractivity contribution in [3.8, 4) is 0 Å². The third-order valence-corrected chi connectivity index (χ3v) is 2.37. The minimum Gasteiger partial charge on any atom is -0.375 e. The van der Waals surface area contributed by atoms with Crippen LogP contribution in [0, 0.1) is 0 Å². The third-order valence-electron chi connectivity index (χ3n) is 2.37. The first-order valence-corrected chi connectivity index (χ1v) is 4.94. The van der Waals surface area contributed by atoms with Gasteiger partial charge in [0.1, 0.15) is 0 Å². The molecule has 0 fully saturated rings. The highest BCUT2D eigenvalue weighted by Gasteiger charge is 2.36. The Balaban J connectivity index is 3.06. The topological polar surface area (TPSA) is 75.3 Å². The summed E-state index contributed by atoms with van der Waals surface area (Å²) in [4.78, 5) is 11.5. The number of hydrazine groups is 1. The first kappa shape index (κ1) is 11.7. The van der Waals surface area contributed by atoms with Crippen molar-refractivity contribution in [2.24, 2.45) is 5.84 Å². The van der Waals surface area contributed by atoms with E-state index in [2.05, 4.69) is 0 Å². The molecule has 1 amide bonds. The van der Waals surface area contributed by atoms with E-state index in [4.69, 9.17) is 5.84 Å². The zero-order valence-corrected chi connectivity index (χ0v) is 8.73. The molecule has 0 heterocycles. The molecule has 0 radical (unpaired) electrons. The largest absolute Gasteiger partial charge is 0.375 e. The Morgan fingerprint density at radius 2 is 2.07 bits per heavy atom. The Bertz CT molecular complexity index is 327. The van der Waals surface area contributed by atoms with Crippen molar-refractivity contribution in [2.45, 2.75) is 25.4 Å². The second kappa shape index (κ2) is 4.91. The molecule has 82 valence electrons. The summed E-state index contributed by atoms with van der Waals surface area (Å²) in [5.74, 6) is 4.49. The van der Waals surface area contributed by atoms with E-state index in [1.54, 1.807) is 24.3 Å². The van der Waals surface area contributed by atoms with E-state index in [0.717, 1.165) is 0 Å². The Kier molecular flexibility index (Phi) is 3.82. The van der Waals surface area contributed by atoms with Gasteiger partial charge in [0.05, 0.1) is 0 Å². The summed E-state index contributed by atoms with van der Waals surface area (Å²) in [5, 5.41) is 10.3. The zero-order valence-electron chi connectivity index (χ0n) is 8.73. The average molecular weight is 208 g/mol. The predicted octanol–water partition coefficient (Wildman–Crippen LogP) is 0.664. The molecule has 1 atom stereocenters. The van der Waals surface area contributed by atoms with Gasteiger partial charge in [-0.2, -0.15) is 0 Å². The lowest BCUT2D eigenvalue weighted by atomic mass is 9.88. The molecule has 0 spiro atoms. The van der Waals surface area contributed by atoms with E-state index in [0.29, 0.717) is 18.4 Å². The fraction of sp³-hybridized carbons (Fsp3) is 0.364. The van der Waals surface area contributed by atoms with Gasteiger partial charge in [-0.15, -0.1) is 0 Å². The molecule has 0 bridgehead atoms. The van der Waals surface area contributed by atoms with Crippen molar-refractivity contribution in [2.75, 3.05) is 0 Å². The third kappa shape index (κ3) is 2.34. The number of amides is 1. The lowest BCUT2D eigenvalue weighted by Crippen LogP contribution is -2.47. The molecule has 0 saturated heterocycles. The summed E-state index contributed by atoms with van der Waals surface area (Å²) in [7, 11) is 0. The summed E-state index contributed by atoms with van der Waals surface area (Å²) < 4.78 is 0. The van der Waals surface area contributed by atoms with E-state index in [1.165, 1.54) is 0 Å². The van der Waals surface area contributed by atoms with Crippen LogP contribution in [0.5, 0.6) is 0 Å². The second-order valence-electron chi connectivity index (χ2n) is 3.45. The molecule has 0 aromatic heterocycles. The van der Waals surface area contributed by atoms with E-state index in [-0.39, 0.29) is 0 Å². The van der Waals surface area contributed by atoms with Crippen LogP contribution in [0.15, 0.2) is 30.3 Å². The number of nitrogens with one attached hydrogen (secondary N) is 1. The molecule has 1 aromatic carbocycles. The predicted molar refractivity (Wildman–Crippen MR) is 57.6 cm³/mol. The van der Waals surface area contributed by atoms with Crippen LogP contribution >= 0.6 is 0 Å². The van der Waals surface area contributed by atoms with Gasteiger partial charge in [-0.1, -0.05) is 43.7 Å². The van der Waals surface area contributed by atoms with Crippen LogP contribution in [0.4, 0.5) is 0 Å². The Labute approximate surface area is 89.1 Å². The van der Waals surface area contributed by atoms with Gasteiger partial charge >= 0.3 is 0 Å². The van der Waals surface area contributed by atoms with Crippen molar-refractivity contribution in [1.82, 2.24) is 5.43 Å². The van der Waals surface area contributed by atoms with Crippen molar-refractivity contribution >= 4 is 5.91 Å². The number of hydrogen-bond acceptors (Lipinski definition) is 3. The maximum Gasteiger partial charge on any atom is 0.270 e. The highest BCUT2D eigenvalue weighted by Crippen LogP contribution is 2.26. The van der Waals surface area contributed by atoms with Gasteiger partial charge in [0.25, 0.3) is 5.91 Å². The minimum absolute atomic E-state index is 0.347. The molecule has 4 nitrogen and oxygen atoms in total. The summed E-state index contributed by atoms with van der Waals surface area (Å²) in [5.41, 5.74) is 1.04. The molecule has 0 aliphatic rings. The maximum atomic E-state index is 11.5. The first-order valence-electron chi connectivity index (χ1n) is 4.94. The quantitative estimate of drug-likeness (QED) is 0.386. The van der Waals surface area contributed by atoms with Gasteiger partial charge in [-0.3, -0.25) is 10.2 Å². The standard InChI is InChI=1S/C11H16N2O2/c1-2-8-11(15,10(14)13-12)9-6-4-3-5-7-9/h3-7,15H,2,8,12H2,1H3,(H,13,14)/t11-/m1/s1. The van der Waals surface area contributed by atoms with Gasteiger partial charge in [0, 0.05) is 0 Å². The lowest BCUT2D eigenvalue weighted by Gasteiger charge is -2.25. The molecule has 0 aliphatic carbocycles. The molecule has 15 heavy (non-hydrogen) atoms. The molecule has 4 heteroatoms. The average Bonchev–Trinajstić information content (AvgIpc) is 2.29. The van der Waals surface area contributed by atoms with Crippen LogP contribution in [-0.2, 0) is 10.4 Å². The number of nitrogens with two attached hydrogens (primary N) is 1. The number of benzene rings is 1. The fourth-order valence-electron chi connectivity index (χ4n) is 1.58. The van der Waals surface area contributed by atoms with E-state index < -0.39 is 11.5 Å². The Hall–Kier alpha value is -1.39. The molecule has 1 rings (SSSR count). The highest BCUT2D eigenvalue weighted by molar-refractivity contribution is 5.85. The Morgan fingerprint density at radius 3 is 2.53 bits per heavy atom. The fourth-order valence-corrected chi connectivity index (χ4v) is 1.58. The molecular formula is C11H16N2O2. The summed E-state index contributed by atoms with van der Waals surface area (Å²) in [6.45, 7) is 1.90. The molecular weight excluding hydrogens is 192 g/mol. The van der Waals surface area contributed by atoms with Crippen molar-refractivity contribution < 1.29 is 9.90 Å². The van der Waals surface area contributed by atoms with Crippen LogP contribution in [0.3, 0.4) is 0 Å². The van der Waals surface area contributed by atoms with Gasteiger partial charge in [0.2, 0.25) is 0 Å². The number of rotatable bonds is 4. The normalized spacial score (nSPS) is 14.3. The van der Waals surface area contributed by atoms with Gasteiger partial charge in [-0.25, -0.2) is 5.84 Å². The van der Waals surface area contributed by atoms with Crippen LogP contribution in [0.25, 0.3) is 0 Å². The molecule has 0 unspecified atom stereocenters. The summed E-state index contributed by atoms with van der Waals surface area (Å²) in [6, 6.07) is 8.81. The monoisotopic (exact) mass is 208 g/mol. The van der Waals surface area contributed by atoms with Crippen LogP contribution in [-0.4, -0.2) is 11.0 Å². The number of carbonyl (C=O) groups is 1. The van der Waals surface area contributed by atoms with E-state index in [1.807, 2.05) is 18.4 Å². The first-order chi connectivity index (χ1) is 7.15. The van der Waals surface area contributed by atoms with Crippen molar-refractivity contribution in [3.05, 3.63) is 35.9 Å². The van der Waals surface area contributed by atoms with E-state index in [9.17, 15) is 9.90 Å². The number of hydrogen-bond donors (Lipinski definition) is 3. The molecule has 4 N–H and O–H groups in total.